The first kappa shape index (κ1) is 13.1. The van der Waals surface area contributed by atoms with Crippen molar-refractivity contribution in [1.82, 2.24) is 4.90 Å². The molecule has 0 radical (unpaired) electrons. The molecule has 0 spiro atoms. The van der Waals surface area contributed by atoms with Crippen LogP contribution in [-0.4, -0.2) is 29.1 Å². The molecule has 1 amide bonds. The minimum Gasteiger partial charge on any atom is -0.395 e. The molecule has 0 unspecified atom stereocenters. The average Bonchev–Trinajstić information content (AvgIpc) is 3.21. The van der Waals surface area contributed by atoms with Crippen LogP contribution in [-0.2, 0) is 11.3 Å². The molecule has 0 aliphatic heterocycles. The van der Waals surface area contributed by atoms with Gasteiger partial charge in [0.25, 0.3) is 0 Å². The lowest BCUT2D eigenvalue weighted by Crippen LogP contribution is -2.32. The van der Waals surface area contributed by atoms with Crippen molar-refractivity contribution in [1.29, 1.82) is 0 Å². The largest absolute Gasteiger partial charge is 0.395 e. The highest BCUT2D eigenvalue weighted by atomic mass is 16.3. The number of hydrogen-bond donors (Lipinski definition) is 1. The van der Waals surface area contributed by atoms with E-state index in [2.05, 4.69) is 0 Å². The Labute approximate surface area is 108 Å². The van der Waals surface area contributed by atoms with Crippen LogP contribution in [0.25, 0.3) is 0 Å². The highest BCUT2D eigenvalue weighted by Crippen LogP contribution is 2.33. The maximum absolute atomic E-state index is 12.1. The van der Waals surface area contributed by atoms with Gasteiger partial charge in [-0.1, -0.05) is 43.2 Å². The number of hydrogen-bond acceptors (Lipinski definition) is 2. The van der Waals surface area contributed by atoms with Gasteiger partial charge in [0.15, 0.2) is 0 Å². The van der Waals surface area contributed by atoms with Gasteiger partial charge < -0.3 is 10.0 Å². The number of benzene rings is 1. The molecule has 1 aromatic carbocycles. The lowest BCUT2D eigenvalue weighted by atomic mass is 10.1. The summed E-state index contributed by atoms with van der Waals surface area (Å²) in [5, 5.41) is 9.06. The van der Waals surface area contributed by atoms with E-state index in [4.69, 9.17) is 5.11 Å². The van der Waals surface area contributed by atoms with Gasteiger partial charge >= 0.3 is 0 Å². The predicted molar refractivity (Wildman–Crippen MR) is 70.9 cm³/mol. The fourth-order valence-electron chi connectivity index (χ4n) is 2.11. The Morgan fingerprint density at radius 2 is 2.00 bits per heavy atom. The molecule has 1 fully saturated rings. The van der Waals surface area contributed by atoms with E-state index < -0.39 is 0 Å². The van der Waals surface area contributed by atoms with Gasteiger partial charge in [-0.3, -0.25) is 4.79 Å². The first-order chi connectivity index (χ1) is 8.79. The van der Waals surface area contributed by atoms with Crippen LogP contribution in [0.4, 0.5) is 0 Å². The number of amides is 1. The average molecular weight is 247 g/mol. The van der Waals surface area contributed by atoms with Gasteiger partial charge in [-0.25, -0.2) is 0 Å². The van der Waals surface area contributed by atoms with Crippen molar-refractivity contribution in [2.75, 3.05) is 13.2 Å². The predicted octanol–water partition coefficient (Wildman–Crippen LogP) is 2.20. The normalized spacial score (nSPS) is 14.5. The Kier molecular flexibility index (Phi) is 4.76. The zero-order valence-corrected chi connectivity index (χ0v) is 10.7. The summed E-state index contributed by atoms with van der Waals surface area (Å²) >= 11 is 0. The Balaban J connectivity index is 1.87. The molecule has 3 nitrogen and oxygen atoms in total. The third-order valence-electron chi connectivity index (χ3n) is 3.40. The lowest BCUT2D eigenvalue weighted by molar-refractivity contribution is -0.132. The van der Waals surface area contributed by atoms with Crippen LogP contribution in [0.15, 0.2) is 30.3 Å². The highest BCUT2D eigenvalue weighted by Gasteiger charge is 2.23. The Bertz CT molecular complexity index is 373. The summed E-state index contributed by atoms with van der Waals surface area (Å²) < 4.78 is 0. The summed E-state index contributed by atoms with van der Waals surface area (Å²) in [6.07, 6.45) is 4.20. The van der Waals surface area contributed by atoms with Crippen molar-refractivity contribution in [3.63, 3.8) is 0 Å². The zero-order chi connectivity index (χ0) is 12.8. The van der Waals surface area contributed by atoms with Crippen molar-refractivity contribution in [2.24, 2.45) is 5.92 Å². The van der Waals surface area contributed by atoms with Crippen molar-refractivity contribution in [2.45, 2.75) is 32.2 Å². The van der Waals surface area contributed by atoms with E-state index in [1.165, 1.54) is 12.8 Å². The molecule has 0 atom stereocenters. The van der Waals surface area contributed by atoms with Gasteiger partial charge in [-0.2, -0.15) is 0 Å². The zero-order valence-electron chi connectivity index (χ0n) is 10.7. The highest BCUT2D eigenvalue weighted by molar-refractivity contribution is 5.76. The number of nitrogens with zero attached hydrogens (tertiary/aromatic N) is 1. The van der Waals surface area contributed by atoms with Crippen LogP contribution in [0.5, 0.6) is 0 Å². The van der Waals surface area contributed by atoms with Gasteiger partial charge in [-0.05, 0) is 17.9 Å². The van der Waals surface area contributed by atoms with E-state index in [0.717, 1.165) is 17.9 Å². The van der Waals surface area contributed by atoms with E-state index in [9.17, 15) is 4.79 Å². The van der Waals surface area contributed by atoms with Crippen LogP contribution in [0.3, 0.4) is 0 Å². The van der Waals surface area contributed by atoms with E-state index in [1.807, 2.05) is 30.3 Å². The minimum atomic E-state index is 0.0298. The second kappa shape index (κ2) is 6.55. The molecule has 2 rings (SSSR count). The Morgan fingerprint density at radius 1 is 1.28 bits per heavy atom. The number of carbonyl (C=O) groups is 1. The van der Waals surface area contributed by atoms with Gasteiger partial charge in [0.2, 0.25) is 5.91 Å². The second-order valence-corrected chi connectivity index (χ2v) is 5.01. The molecule has 3 heteroatoms. The number of aliphatic hydroxyl groups excluding tert-OH is 1. The standard InChI is InChI=1S/C15H21NO2/c17-11-10-16(12-14-4-2-1-3-5-14)15(18)9-8-13-6-7-13/h1-5,13,17H,6-12H2. The molecule has 18 heavy (non-hydrogen) atoms. The molecule has 1 aliphatic carbocycles. The summed E-state index contributed by atoms with van der Waals surface area (Å²) in [7, 11) is 0. The number of rotatable bonds is 7. The topological polar surface area (TPSA) is 40.5 Å². The summed E-state index contributed by atoms with van der Waals surface area (Å²) in [6, 6.07) is 9.94. The van der Waals surface area contributed by atoms with Crippen LogP contribution in [0.1, 0.15) is 31.2 Å². The van der Waals surface area contributed by atoms with Gasteiger partial charge in [0.05, 0.1) is 6.61 Å². The van der Waals surface area contributed by atoms with E-state index in [0.29, 0.717) is 19.5 Å². The molecular weight excluding hydrogens is 226 g/mol. The fourth-order valence-corrected chi connectivity index (χ4v) is 2.11. The number of carbonyl (C=O) groups excluding carboxylic acids is 1. The van der Waals surface area contributed by atoms with E-state index in [-0.39, 0.29) is 12.5 Å². The molecule has 1 aliphatic rings. The fraction of sp³-hybridized carbons (Fsp3) is 0.533. The maximum Gasteiger partial charge on any atom is 0.222 e. The van der Waals surface area contributed by atoms with Crippen molar-refractivity contribution in [3.8, 4) is 0 Å². The van der Waals surface area contributed by atoms with Crippen molar-refractivity contribution < 1.29 is 9.90 Å². The molecule has 0 saturated heterocycles. The summed E-state index contributed by atoms with van der Waals surface area (Å²) in [6.45, 7) is 1.06. The molecule has 0 aromatic heterocycles. The van der Waals surface area contributed by atoms with Crippen LogP contribution in [0, 0.1) is 5.92 Å². The van der Waals surface area contributed by atoms with Crippen molar-refractivity contribution in [3.05, 3.63) is 35.9 Å². The first-order valence-corrected chi connectivity index (χ1v) is 6.72. The van der Waals surface area contributed by atoms with Crippen LogP contribution >= 0.6 is 0 Å². The Hall–Kier alpha value is -1.35. The van der Waals surface area contributed by atoms with Gasteiger partial charge in [0.1, 0.15) is 0 Å². The molecule has 1 N–H and O–H groups in total. The molecule has 1 saturated carbocycles. The smallest absolute Gasteiger partial charge is 0.222 e. The van der Waals surface area contributed by atoms with Crippen LogP contribution in [0.2, 0.25) is 0 Å². The Morgan fingerprint density at radius 3 is 2.61 bits per heavy atom. The second-order valence-electron chi connectivity index (χ2n) is 5.01. The third kappa shape index (κ3) is 4.15. The van der Waals surface area contributed by atoms with E-state index >= 15 is 0 Å². The van der Waals surface area contributed by atoms with Gasteiger partial charge in [0, 0.05) is 19.5 Å². The quantitative estimate of drug-likeness (QED) is 0.802. The molecule has 98 valence electrons. The SMILES string of the molecule is O=C(CCC1CC1)N(CCO)Cc1ccccc1. The molecule has 1 aromatic rings. The van der Waals surface area contributed by atoms with Gasteiger partial charge in [-0.15, -0.1) is 0 Å². The first-order valence-electron chi connectivity index (χ1n) is 6.72. The lowest BCUT2D eigenvalue weighted by Gasteiger charge is -2.22. The number of aliphatic hydroxyl groups is 1. The summed E-state index contributed by atoms with van der Waals surface area (Å²) in [5.41, 5.74) is 1.12. The van der Waals surface area contributed by atoms with Crippen molar-refractivity contribution >= 4 is 5.91 Å². The summed E-state index contributed by atoms with van der Waals surface area (Å²) in [4.78, 5) is 13.8. The third-order valence-corrected chi connectivity index (χ3v) is 3.40. The van der Waals surface area contributed by atoms with Crippen LogP contribution < -0.4 is 0 Å². The monoisotopic (exact) mass is 247 g/mol. The molecular formula is C15H21NO2. The maximum atomic E-state index is 12.1. The summed E-state index contributed by atoms with van der Waals surface area (Å²) in [5.74, 6) is 0.946. The minimum absolute atomic E-state index is 0.0298. The molecule has 0 heterocycles. The van der Waals surface area contributed by atoms with E-state index in [1.54, 1.807) is 4.90 Å². The molecule has 0 bridgehead atoms.